The van der Waals surface area contributed by atoms with E-state index >= 15 is 0 Å². The molecule has 1 aliphatic heterocycles. The fraction of sp³-hybridized carbons (Fsp3) is 0.667. The minimum absolute atomic E-state index is 0.226. The third kappa shape index (κ3) is 3.56. The maximum absolute atomic E-state index is 12.2. The number of carbonyl (C=O) groups excluding carboxylic acids is 1. The normalized spacial score (nSPS) is 16.5. The number of aromatic nitrogens is 2. The molecule has 2 amide bonds. The molecule has 1 aromatic rings. The molecule has 1 aliphatic rings. The van der Waals surface area contributed by atoms with Crippen molar-refractivity contribution in [2.75, 3.05) is 26.3 Å². The number of alkyl halides is 3. The predicted molar refractivity (Wildman–Crippen MR) is 53.9 cm³/mol. The van der Waals surface area contributed by atoms with E-state index in [4.69, 9.17) is 4.74 Å². The molecule has 1 fully saturated rings. The van der Waals surface area contributed by atoms with E-state index in [0.29, 0.717) is 26.3 Å². The second kappa shape index (κ2) is 5.43. The van der Waals surface area contributed by atoms with Crippen molar-refractivity contribution in [1.82, 2.24) is 20.4 Å². The summed E-state index contributed by atoms with van der Waals surface area (Å²) in [5.41, 5.74) is 0. The van der Waals surface area contributed by atoms with E-state index in [9.17, 15) is 18.0 Å². The van der Waals surface area contributed by atoms with Gasteiger partial charge in [-0.15, -0.1) is 0 Å². The third-order valence-electron chi connectivity index (χ3n) is 2.41. The molecule has 2 heterocycles. The molecular formula is C9H11F3N4O3. The molecule has 0 aromatic carbocycles. The van der Waals surface area contributed by atoms with Crippen LogP contribution in [0.1, 0.15) is 11.7 Å². The second-order valence-electron chi connectivity index (χ2n) is 3.77. The summed E-state index contributed by atoms with van der Waals surface area (Å²) in [6, 6.07) is -0.401. The molecule has 1 N–H and O–H groups in total. The van der Waals surface area contributed by atoms with E-state index < -0.39 is 18.1 Å². The Morgan fingerprint density at radius 3 is 2.63 bits per heavy atom. The Morgan fingerprint density at radius 1 is 1.37 bits per heavy atom. The highest BCUT2D eigenvalue weighted by Gasteiger charge is 2.38. The number of ether oxygens (including phenoxy) is 1. The van der Waals surface area contributed by atoms with E-state index in [1.165, 1.54) is 4.90 Å². The zero-order valence-electron chi connectivity index (χ0n) is 9.74. The van der Waals surface area contributed by atoms with Gasteiger partial charge in [0.15, 0.2) is 5.82 Å². The first kappa shape index (κ1) is 13.6. The summed E-state index contributed by atoms with van der Waals surface area (Å²) in [4.78, 5) is 16.3. The maximum atomic E-state index is 12.2. The summed E-state index contributed by atoms with van der Waals surface area (Å²) in [7, 11) is 0. The molecule has 0 spiro atoms. The monoisotopic (exact) mass is 280 g/mol. The summed E-state index contributed by atoms with van der Waals surface area (Å²) in [5, 5.41) is 5.55. The van der Waals surface area contributed by atoms with Crippen LogP contribution < -0.4 is 5.32 Å². The number of nitrogens with one attached hydrogen (secondary N) is 1. The molecule has 19 heavy (non-hydrogen) atoms. The Labute approximate surface area is 105 Å². The van der Waals surface area contributed by atoms with Gasteiger partial charge in [-0.3, -0.25) is 0 Å². The van der Waals surface area contributed by atoms with Crippen LogP contribution in [0.5, 0.6) is 0 Å². The van der Waals surface area contributed by atoms with E-state index in [-0.39, 0.29) is 12.4 Å². The lowest BCUT2D eigenvalue weighted by atomic mass is 10.4. The van der Waals surface area contributed by atoms with Crippen LogP contribution in [0.15, 0.2) is 4.52 Å². The molecule has 0 saturated carbocycles. The lowest BCUT2D eigenvalue weighted by Crippen LogP contribution is -2.46. The summed E-state index contributed by atoms with van der Waals surface area (Å²) < 4.78 is 45.7. The largest absolute Gasteiger partial charge is 0.471 e. The minimum Gasteiger partial charge on any atom is -0.378 e. The SMILES string of the molecule is O=C(NCc1noc(C(F)(F)F)n1)N1CCOCC1. The van der Waals surface area contributed by atoms with Gasteiger partial charge in [-0.05, 0) is 0 Å². The number of rotatable bonds is 2. The Morgan fingerprint density at radius 2 is 2.05 bits per heavy atom. The van der Waals surface area contributed by atoms with Crippen molar-refractivity contribution in [3.05, 3.63) is 11.7 Å². The standard InChI is InChI=1S/C9H11F3N4O3/c10-9(11,12)7-14-6(15-19-7)5-13-8(17)16-1-3-18-4-2-16/h1-5H2,(H,13,17). The van der Waals surface area contributed by atoms with Gasteiger partial charge in [-0.25, -0.2) is 4.79 Å². The van der Waals surface area contributed by atoms with Gasteiger partial charge in [0.1, 0.15) is 0 Å². The number of hydrogen-bond acceptors (Lipinski definition) is 5. The van der Waals surface area contributed by atoms with Gasteiger partial charge in [-0.2, -0.15) is 18.2 Å². The highest BCUT2D eigenvalue weighted by molar-refractivity contribution is 5.74. The van der Waals surface area contributed by atoms with Crippen molar-refractivity contribution in [3.63, 3.8) is 0 Å². The number of morpholine rings is 1. The van der Waals surface area contributed by atoms with Gasteiger partial charge in [0, 0.05) is 13.1 Å². The van der Waals surface area contributed by atoms with E-state index in [0.717, 1.165) is 0 Å². The van der Waals surface area contributed by atoms with E-state index in [1.54, 1.807) is 0 Å². The molecule has 0 atom stereocenters. The smallest absolute Gasteiger partial charge is 0.378 e. The summed E-state index contributed by atoms with van der Waals surface area (Å²) in [6.07, 6.45) is -4.68. The summed E-state index contributed by atoms with van der Waals surface area (Å²) in [5.74, 6) is -1.66. The van der Waals surface area contributed by atoms with Gasteiger partial charge < -0.3 is 19.5 Å². The Balaban J connectivity index is 1.85. The molecule has 0 bridgehead atoms. The van der Waals surface area contributed by atoms with Crippen molar-refractivity contribution in [2.45, 2.75) is 12.7 Å². The van der Waals surface area contributed by atoms with Crippen molar-refractivity contribution < 1.29 is 27.2 Å². The quantitative estimate of drug-likeness (QED) is 0.859. The van der Waals surface area contributed by atoms with Crippen molar-refractivity contribution in [3.8, 4) is 0 Å². The topological polar surface area (TPSA) is 80.5 Å². The first-order valence-electron chi connectivity index (χ1n) is 5.47. The molecule has 10 heteroatoms. The molecule has 2 rings (SSSR count). The highest BCUT2D eigenvalue weighted by atomic mass is 19.4. The van der Waals surface area contributed by atoms with Crippen LogP contribution in [0.2, 0.25) is 0 Å². The third-order valence-corrected chi connectivity index (χ3v) is 2.41. The van der Waals surface area contributed by atoms with Gasteiger partial charge in [-0.1, -0.05) is 5.16 Å². The van der Waals surface area contributed by atoms with Crippen LogP contribution in [0.25, 0.3) is 0 Å². The van der Waals surface area contributed by atoms with Crippen LogP contribution in [0, 0.1) is 0 Å². The van der Waals surface area contributed by atoms with E-state index in [2.05, 4.69) is 20.0 Å². The molecule has 106 valence electrons. The Bertz CT molecular complexity index is 442. The van der Waals surface area contributed by atoms with Gasteiger partial charge in [0.05, 0.1) is 19.8 Å². The van der Waals surface area contributed by atoms with Gasteiger partial charge in [0.25, 0.3) is 0 Å². The van der Waals surface area contributed by atoms with Gasteiger partial charge >= 0.3 is 18.1 Å². The molecular weight excluding hydrogens is 269 g/mol. The number of nitrogens with zero attached hydrogens (tertiary/aromatic N) is 3. The molecule has 1 saturated heterocycles. The lowest BCUT2D eigenvalue weighted by Gasteiger charge is -2.26. The number of amides is 2. The van der Waals surface area contributed by atoms with Crippen molar-refractivity contribution in [2.24, 2.45) is 0 Å². The molecule has 0 unspecified atom stereocenters. The maximum Gasteiger partial charge on any atom is 0.471 e. The average molecular weight is 280 g/mol. The minimum atomic E-state index is -4.68. The van der Waals surface area contributed by atoms with Crippen LogP contribution in [-0.2, 0) is 17.5 Å². The Hall–Kier alpha value is -1.84. The molecule has 0 aliphatic carbocycles. The van der Waals surface area contributed by atoms with Crippen LogP contribution in [-0.4, -0.2) is 47.4 Å². The summed E-state index contributed by atoms with van der Waals surface area (Å²) >= 11 is 0. The van der Waals surface area contributed by atoms with Crippen LogP contribution in [0.3, 0.4) is 0 Å². The fourth-order valence-corrected chi connectivity index (χ4v) is 1.47. The van der Waals surface area contributed by atoms with Crippen molar-refractivity contribution >= 4 is 6.03 Å². The number of halogens is 3. The summed E-state index contributed by atoms with van der Waals surface area (Å²) in [6.45, 7) is 1.52. The fourth-order valence-electron chi connectivity index (χ4n) is 1.47. The van der Waals surface area contributed by atoms with Crippen LogP contribution in [0.4, 0.5) is 18.0 Å². The predicted octanol–water partition coefficient (Wildman–Crippen LogP) is 0.630. The number of hydrogen-bond donors (Lipinski definition) is 1. The molecule has 7 nitrogen and oxygen atoms in total. The number of carbonyl (C=O) groups is 1. The second-order valence-corrected chi connectivity index (χ2v) is 3.77. The average Bonchev–Trinajstić information content (AvgIpc) is 2.86. The molecule has 1 aromatic heterocycles. The van der Waals surface area contributed by atoms with Crippen molar-refractivity contribution in [1.29, 1.82) is 0 Å². The lowest BCUT2D eigenvalue weighted by molar-refractivity contribution is -0.159. The molecule has 0 radical (unpaired) electrons. The van der Waals surface area contributed by atoms with Crippen LogP contribution >= 0.6 is 0 Å². The highest BCUT2D eigenvalue weighted by Crippen LogP contribution is 2.27. The first-order chi connectivity index (χ1) is 8.97. The zero-order valence-corrected chi connectivity index (χ0v) is 9.74. The zero-order chi connectivity index (χ0) is 13.9. The van der Waals surface area contributed by atoms with E-state index in [1.807, 2.05) is 0 Å². The Kier molecular flexibility index (Phi) is 3.88. The first-order valence-corrected chi connectivity index (χ1v) is 5.47. The number of urea groups is 1. The van der Waals surface area contributed by atoms with Gasteiger partial charge in [0.2, 0.25) is 0 Å².